The van der Waals surface area contributed by atoms with Gasteiger partial charge in [0.2, 0.25) is 0 Å². The SMILES string of the molecule is CC1(C)OB(c2c3c(c(-c4cccc(-c5nc(-c6ccccc6)nc(-c6ccccc6)n5)c4)c4ccccc24)C=CCC=C3)OC1(C)C. The van der Waals surface area contributed by atoms with Crippen molar-refractivity contribution in [1.29, 1.82) is 0 Å². The van der Waals surface area contributed by atoms with E-state index in [4.69, 9.17) is 24.3 Å². The molecule has 8 rings (SSSR count). The molecule has 0 unspecified atom stereocenters. The maximum absolute atomic E-state index is 6.68. The minimum absolute atomic E-state index is 0.454. The van der Waals surface area contributed by atoms with E-state index in [1.165, 1.54) is 0 Å². The summed E-state index contributed by atoms with van der Waals surface area (Å²) in [6.07, 6.45) is 9.78. The van der Waals surface area contributed by atoms with Gasteiger partial charge in [-0.05, 0) is 78.7 Å². The molecule has 1 aliphatic heterocycles. The van der Waals surface area contributed by atoms with Gasteiger partial charge in [-0.15, -0.1) is 0 Å². The van der Waals surface area contributed by atoms with Crippen molar-refractivity contribution in [3.63, 3.8) is 0 Å². The molecule has 234 valence electrons. The smallest absolute Gasteiger partial charge is 0.399 e. The summed E-state index contributed by atoms with van der Waals surface area (Å²) in [7, 11) is -0.497. The van der Waals surface area contributed by atoms with Gasteiger partial charge in [0.25, 0.3) is 0 Å². The number of hydrogen-bond acceptors (Lipinski definition) is 5. The van der Waals surface area contributed by atoms with Crippen molar-refractivity contribution < 1.29 is 9.31 Å². The fraction of sp³-hybridized carbons (Fsp3) is 0.167. The molecule has 0 amide bonds. The molecule has 0 N–H and O–H groups in total. The highest BCUT2D eigenvalue weighted by Crippen LogP contribution is 2.41. The van der Waals surface area contributed by atoms with Crippen molar-refractivity contribution >= 4 is 35.5 Å². The van der Waals surface area contributed by atoms with Crippen LogP contribution >= 0.6 is 0 Å². The molecule has 0 saturated carbocycles. The fourth-order valence-corrected chi connectivity index (χ4v) is 6.59. The third kappa shape index (κ3) is 5.27. The van der Waals surface area contributed by atoms with Crippen LogP contribution in [0.1, 0.15) is 45.2 Å². The summed E-state index contributed by atoms with van der Waals surface area (Å²) in [5.74, 6) is 1.91. The van der Waals surface area contributed by atoms with Crippen molar-refractivity contribution in [3.8, 4) is 45.3 Å². The van der Waals surface area contributed by atoms with Crippen molar-refractivity contribution in [3.05, 3.63) is 132 Å². The van der Waals surface area contributed by atoms with E-state index in [9.17, 15) is 0 Å². The zero-order valence-corrected chi connectivity index (χ0v) is 27.6. The minimum atomic E-state index is -0.497. The van der Waals surface area contributed by atoms with Gasteiger partial charge in [0.1, 0.15) is 0 Å². The zero-order valence-electron chi connectivity index (χ0n) is 27.6. The first kappa shape index (κ1) is 30.2. The summed E-state index contributed by atoms with van der Waals surface area (Å²) in [4.78, 5) is 14.9. The topological polar surface area (TPSA) is 57.1 Å². The van der Waals surface area contributed by atoms with Crippen LogP contribution in [-0.2, 0) is 9.31 Å². The van der Waals surface area contributed by atoms with E-state index in [-0.39, 0.29) is 0 Å². The number of benzene rings is 5. The lowest BCUT2D eigenvalue weighted by Gasteiger charge is -2.32. The lowest BCUT2D eigenvalue weighted by Crippen LogP contribution is -2.41. The molecule has 1 aromatic heterocycles. The van der Waals surface area contributed by atoms with E-state index >= 15 is 0 Å². The number of fused-ring (bicyclic) bond motifs is 2. The Bertz CT molecular complexity index is 2150. The molecule has 0 bridgehead atoms. The lowest BCUT2D eigenvalue weighted by atomic mass is 9.70. The Morgan fingerprint density at radius 3 is 1.60 bits per heavy atom. The average molecular weight is 626 g/mol. The molecule has 1 saturated heterocycles. The van der Waals surface area contributed by atoms with Crippen molar-refractivity contribution in [2.45, 2.75) is 45.3 Å². The molecule has 0 spiro atoms. The number of rotatable bonds is 5. The van der Waals surface area contributed by atoms with E-state index in [1.807, 2.05) is 60.7 Å². The maximum Gasteiger partial charge on any atom is 0.496 e. The number of hydrogen-bond donors (Lipinski definition) is 0. The van der Waals surface area contributed by atoms with Crippen molar-refractivity contribution in [2.75, 3.05) is 0 Å². The molecule has 2 heterocycles. The minimum Gasteiger partial charge on any atom is -0.399 e. The van der Waals surface area contributed by atoms with Gasteiger partial charge in [-0.3, -0.25) is 0 Å². The quantitative estimate of drug-likeness (QED) is 0.179. The Morgan fingerprint density at radius 1 is 0.521 bits per heavy atom. The normalized spacial score (nSPS) is 16.2. The van der Waals surface area contributed by atoms with Gasteiger partial charge in [-0.25, -0.2) is 15.0 Å². The standard InChI is InChI=1S/C42H36BN3O2/c1-41(2)42(3,4)48-43(47-41)37-34-25-13-7-12-23-32(34)36(33-24-14-15-26-35(33)37)30-21-16-22-31(27-30)40-45-38(28-17-8-5-9-18-28)44-39(46-40)29-19-10-6-11-20-29/h5-6,8-27H,7H2,1-4H3. The highest BCUT2D eigenvalue weighted by atomic mass is 16.7. The van der Waals surface area contributed by atoms with Crippen LogP contribution < -0.4 is 5.46 Å². The fourth-order valence-electron chi connectivity index (χ4n) is 6.59. The van der Waals surface area contributed by atoms with Crippen LogP contribution in [0.5, 0.6) is 0 Å². The van der Waals surface area contributed by atoms with Gasteiger partial charge >= 0.3 is 7.12 Å². The second kappa shape index (κ2) is 11.8. The third-order valence-corrected chi connectivity index (χ3v) is 9.78. The molecule has 6 aromatic rings. The van der Waals surface area contributed by atoms with Crippen molar-refractivity contribution in [1.82, 2.24) is 15.0 Å². The summed E-state index contributed by atoms with van der Waals surface area (Å²) < 4.78 is 13.4. The monoisotopic (exact) mass is 625 g/mol. The second-order valence-electron chi connectivity index (χ2n) is 13.4. The van der Waals surface area contributed by atoms with E-state index < -0.39 is 18.3 Å². The van der Waals surface area contributed by atoms with Gasteiger partial charge in [-0.1, -0.05) is 127 Å². The highest BCUT2D eigenvalue weighted by Gasteiger charge is 2.52. The highest BCUT2D eigenvalue weighted by molar-refractivity contribution is 6.66. The predicted octanol–water partition coefficient (Wildman–Crippen LogP) is 9.42. The van der Waals surface area contributed by atoms with Crippen LogP contribution in [0.2, 0.25) is 0 Å². The number of aromatic nitrogens is 3. The first-order valence-electron chi connectivity index (χ1n) is 16.5. The Hall–Kier alpha value is -5.17. The Morgan fingerprint density at radius 2 is 1.00 bits per heavy atom. The molecule has 48 heavy (non-hydrogen) atoms. The number of allylic oxidation sites excluding steroid dienone is 2. The molecule has 6 heteroatoms. The third-order valence-electron chi connectivity index (χ3n) is 9.78. The Labute approximate surface area is 282 Å². The van der Waals surface area contributed by atoms with Crippen molar-refractivity contribution in [2.24, 2.45) is 0 Å². The van der Waals surface area contributed by atoms with E-state index in [0.29, 0.717) is 17.5 Å². The summed E-state index contributed by atoms with van der Waals surface area (Å²) in [6, 6.07) is 37.3. The number of nitrogens with zero attached hydrogens (tertiary/aromatic N) is 3. The molecule has 5 nitrogen and oxygen atoms in total. The summed E-state index contributed by atoms with van der Waals surface area (Å²) in [6.45, 7) is 8.43. The van der Waals surface area contributed by atoms with Gasteiger partial charge in [0.15, 0.2) is 17.5 Å². The van der Waals surface area contributed by atoms with Gasteiger partial charge in [0, 0.05) is 16.7 Å². The molecule has 1 aliphatic carbocycles. The van der Waals surface area contributed by atoms with E-state index in [1.54, 1.807) is 0 Å². The molecule has 0 radical (unpaired) electrons. The summed E-state index contributed by atoms with van der Waals surface area (Å²) in [5.41, 5.74) is 7.49. The molecule has 0 atom stereocenters. The predicted molar refractivity (Wildman–Crippen MR) is 197 cm³/mol. The molecule has 2 aliphatic rings. The average Bonchev–Trinajstić information content (AvgIpc) is 3.24. The molecule has 5 aromatic carbocycles. The Kier molecular flexibility index (Phi) is 7.43. The molecule has 1 fully saturated rings. The lowest BCUT2D eigenvalue weighted by molar-refractivity contribution is 0.00578. The van der Waals surface area contributed by atoms with Gasteiger partial charge < -0.3 is 9.31 Å². The second-order valence-corrected chi connectivity index (χ2v) is 13.4. The van der Waals surface area contributed by atoms with Gasteiger partial charge in [0.05, 0.1) is 11.2 Å². The van der Waals surface area contributed by atoms with Crippen LogP contribution in [-0.4, -0.2) is 33.3 Å². The molecular weight excluding hydrogens is 589 g/mol. The van der Waals surface area contributed by atoms with Gasteiger partial charge in [-0.2, -0.15) is 0 Å². The van der Waals surface area contributed by atoms with Crippen LogP contribution in [0.25, 0.3) is 68.2 Å². The van der Waals surface area contributed by atoms with E-state index in [0.717, 1.165) is 61.6 Å². The van der Waals surface area contributed by atoms with Crippen LogP contribution in [0, 0.1) is 0 Å². The zero-order chi connectivity index (χ0) is 32.9. The van der Waals surface area contributed by atoms with E-state index in [2.05, 4.69) is 101 Å². The Balaban J connectivity index is 1.33. The summed E-state index contributed by atoms with van der Waals surface area (Å²) >= 11 is 0. The molecular formula is C42H36BN3O2. The first-order chi connectivity index (χ1) is 23.3. The summed E-state index contributed by atoms with van der Waals surface area (Å²) in [5, 5.41) is 2.26. The largest absolute Gasteiger partial charge is 0.496 e. The van der Waals surface area contributed by atoms with Crippen LogP contribution in [0.4, 0.5) is 0 Å². The van der Waals surface area contributed by atoms with Crippen LogP contribution in [0.3, 0.4) is 0 Å². The maximum atomic E-state index is 6.68. The van der Waals surface area contributed by atoms with Crippen LogP contribution in [0.15, 0.2) is 121 Å². The first-order valence-corrected chi connectivity index (χ1v) is 16.5.